The first kappa shape index (κ1) is 15.8. The average molecular weight is 398 g/mol. The van der Waals surface area contributed by atoms with Crippen molar-refractivity contribution in [2.45, 2.75) is 6.54 Å². The Hall–Kier alpha value is -2.67. The van der Waals surface area contributed by atoms with E-state index in [2.05, 4.69) is 42.6 Å². The van der Waals surface area contributed by atoms with Gasteiger partial charge in [0.15, 0.2) is 0 Å². The average Bonchev–Trinajstić information content (AvgIpc) is 3.20. The van der Waals surface area contributed by atoms with E-state index in [4.69, 9.17) is 9.72 Å². The molecule has 4 aromatic rings. The number of halogens is 1. The molecule has 3 heterocycles. The number of nitrogens with zero attached hydrogens (tertiary/aromatic N) is 5. The van der Waals surface area contributed by atoms with Gasteiger partial charge < -0.3 is 9.30 Å². The number of aryl methyl sites for hydroxylation is 1. The lowest BCUT2D eigenvalue weighted by atomic mass is 10.2. The molecule has 0 bridgehead atoms. The summed E-state index contributed by atoms with van der Waals surface area (Å²) >= 11 is 3.52. The fraction of sp³-hybridized carbons (Fsp3) is 0.167. The van der Waals surface area contributed by atoms with Gasteiger partial charge >= 0.3 is 0 Å². The second kappa shape index (κ2) is 6.33. The summed E-state index contributed by atoms with van der Waals surface area (Å²) in [6, 6.07) is 8.18. The van der Waals surface area contributed by atoms with Gasteiger partial charge in [-0.2, -0.15) is 0 Å². The number of aromatic nitrogens is 5. The fourth-order valence-corrected chi connectivity index (χ4v) is 3.26. The molecule has 0 saturated heterocycles. The summed E-state index contributed by atoms with van der Waals surface area (Å²) in [6.45, 7) is 0.638. The van der Waals surface area contributed by atoms with E-state index in [9.17, 15) is 0 Å². The summed E-state index contributed by atoms with van der Waals surface area (Å²) < 4.78 is 10.4. The zero-order valence-corrected chi connectivity index (χ0v) is 15.4. The maximum atomic E-state index is 5.30. The van der Waals surface area contributed by atoms with E-state index in [1.54, 1.807) is 19.6 Å². The maximum absolute atomic E-state index is 5.30. The second-order valence-corrected chi connectivity index (χ2v) is 6.69. The molecule has 0 fully saturated rings. The van der Waals surface area contributed by atoms with Crippen molar-refractivity contribution in [2.24, 2.45) is 7.05 Å². The van der Waals surface area contributed by atoms with Crippen LogP contribution in [0.3, 0.4) is 0 Å². The van der Waals surface area contributed by atoms with Gasteiger partial charge in [0.2, 0.25) is 5.88 Å². The summed E-state index contributed by atoms with van der Waals surface area (Å²) in [5, 5.41) is 0. The highest BCUT2D eigenvalue weighted by Gasteiger charge is 2.12. The van der Waals surface area contributed by atoms with Crippen molar-refractivity contribution in [1.29, 1.82) is 0 Å². The molecule has 7 heteroatoms. The highest BCUT2D eigenvalue weighted by atomic mass is 79.9. The molecule has 0 radical (unpaired) electrons. The zero-order chi connectivity index (χ0) is 17.4. The molecular weight excluding hydrogens is 382 g/mol. The number of ether oxygens (including phenoxy) is 1. The predicted molar refractivity (Wildman–Crippen MR) is 99.5 cm³/mol. The van der Waals surface area contributed by atoms with E-state index in [-0.39, 0.29) is 0 Å². The second-order valence-electron chi connectivity index (χ2n) is 5.77. The minimum absolute atomic E-state index is 0.638. The smallest absolute Gasteiger partial charge is 0.213 e. The molecule has 0 aliphatic heterocycles. The van der Waals surface area contributed by atoms with Crippen LogP contribution in [0.5, 0.6) is 5.88 Å². The lowest BCUT2D eigenvalue weighted by molar-refractivity contribution is 0.377. The zero-order valence-electron chi connectivity index (χ0n) is 13.8. The van der Waals surface area contributed by atoms with Crippen molar-refractivity contribution in [3.63, 3.8) is 0 Å². The third kappa shape index (κ3) is 2.91. The van der Waals surface area contributed by atoms with Gasteiger partial charge in [-0.1, -0.05) is 15.9 Å². The Labute approximate surface area is 153 Å². The number of fused-ring (bicyclic) bond motifs is 1. The van der Waals surface area contributed by atoms with Gasteiger partial charge in [-0.3, -0.25) is 9.55 Å². The van der Waals surface area contributed by atoms with E-state index >= 15 is 0 Å². The molecule has 0 aliphatic rings. The van der Waals surface area contributed by atoms with Gasteiger partial charge in [0.1, 0.15) is 5.82 Å². The Morgan fingerprint density at radius 1 is 1.12 bits per heavy atom. The van der Waals surface area contributed by atoms with Crippen LogP contribution in [0.1, 0.15) is 5.56 Å². The van der Waals surface area contributed by atoms with Crippen LogP contribution in [0.25, 0.3) is 22.4 Å². The molecule has 0 spiro atoms. The molecule has 0 saturated carbocycles. The Balaban J connectivity index is 1.73. The molecular formula is C18H16BrN5O. The summed E-state index contributed by atoms with van der Waals surface area (Å²) in [5.41, 5.74) is 4.07. The Kier molecular flexibility index (Phi) is 4.01. The van der Waals surface area contributed by atoms with Crippen molar-refractivity contribution in [3.8, 4) is 17.3 Å². The number of pyridine rings is 1. The number of rotatable bonds is 4. The first-order valence-corrected chi connectivity index (χ1v) is 8.55. The number of methoxy groups -OCH3 is 1. The number of hydrogen-bond acceptors (Lipinski definition) is 4. The Morgan fingerprint density at radius 3 is 2.84 bits per heavy atom. The fourth-order valence-electron chi connectivity index (χ4n) is 2.91. The minimum Gasteiger partial charge on any atom is -0.481 e. The van der Waals surface area contributed by atoms with Crippen LogP contribution >= 0.6 is 15.9 Å². The number of imidazole rings is 2. The molecule has 25 heavy (non-hydrogen) atoms. The van der Waals surface area contributed by atoms with Gasteiger partial charge in [0, 0.05) is 29.5 Å². The summed E-state index contributed by atoms with van der Waals surface area (Å²) in [5.74, 6) is 1.61. The Morgan fingerprint density at radius 2 is 2.00 bits per heavy atom. The molecule has 1 aromatic carbocycles. The molecule has 0 aliphatic carbocycles. The summed E-state index contributed by atoms with van der Waals surface area (Å²) in [4.78, 5) is 13.3. The molecule has 0 atom stereocenters. The molecule has 3 aromatic heterocycles. The van der Waals surface area contributed by atoms with Gasteiger partial charge in [-0.05, 0) is 29.8 Å². The summed E-state index contributed by atoms with van der Waals surface area (Å²) in [7, 11) is 3.66. The lowest BCUT2D eigenvalue weighted by Gasteiger charge is -2.08. The van der Waals surface area contributed by atoms with Crippen molar-refractivity contribution in [2.75, 3.05) is 7.11 Å². The third-order valence-corrected chi connectivity index (χ3v) is 4.63. The first-order chi connectivity index (χ1) is 12.2. The van der Waals surface area contributed by atoms with Crippen LogP contribution in [0, 0.1) is 0 Å². The molecule has 0 N–H and O–H groups in total. The van der Waals surface area contributed by atoms with E-state index < -0.39 is 0 Å². The van der Waals surface area contributed by atoms with Crippen LogP contribution in [0.15, 0.2) is 53.7 Å². The number of benzene rings is 1. The molecule has 126 valence electrons. The van der Waals surface area contributed by atoms with Crippen LogP contribution in [0.4, 0.5) is 0 Å². The molecule has 4 rings (SSSR count). The van der Waals surface area contributed by atoms with Crippen LogP contribution in [-0.4, -0.2) is 31.2 Å². The van der Waals surface area contributed by atoms with Crippen LogP contribution in [-0.2, 0) is 13.6 Å². The SMILES string of the molecule is COc1cncn1Cc1cncc(-c2nc3ccc(Br)cc3n2C)c1. The van der Waals surface area contributed by atoms with Crippen molar-refractivity contribution >= 4 is 27.0 Å². The van der Waals surface area contributed by atoms with Crippen molar-refractivity contribution < 1.29 is 4.74 Å². The van der Waals surface area contributed by atoms with E-state index in [0.717, 1.165) is 38.3 Å². The molecule has 0 amide bonds. The highest BCUT2D eigenvalue weighted by molar-refractivity contribution is 9.10. The van der Waals surface area contributed by atoms with Gasteiger partial charge in [-0.25, -0.2) is 9.97 Å². The standard InChI is InChI=1S/C18H16BrN5O/c1-23-16-6-14(19)3-4-15(16)22-18(23)13-5-12(7-20-8-13)10-24-11-21-9-17(24)25-2/h3-9,11H,10H2,1-2H3. The first-order valence-electron chi connectivity index (χ1n) is 7.76. The van der Waals surface area contributed by atoms with Crippen molar-refractivity contribution in [1.82, 2.24) is 24.1 Å². The van der Waals surface area contributed by atoms with Crippen molar-refractivity contribution in [3.05, 3.63) is 59.2 Å². The van der Waals surface area contributed by atoms with Crippen LogP contribution < -0.4 is 4.74 Å². The largest absolute Gasteiger partial charge is 0.481 e. The molecule has 0 unspecified atom stereocenters. The van der Waals surface area contributed by atoms with E-state index in [0.29, 0.717) is 6.54 Å². The quantitative estimate of drug-likeness (QED) is 0.527. The topological polar surface area (TPSA) is 57.8 Å². The van der Waals surface area contributed by atoms with Gasteiger partial charge in [0.25, 0.3) is 0 Å². The number of hydrogen-bond donors (Lipinski definition) is 0. The van der Waals surface area contributed by atoms with E-state index in [1.165, 1.54) is 0 Å². The van der Waals surface area contributed by atoms with Gasteiger partial charge in [-0.15, -0.1) is 0 Å². The highest BCUT2D eigenvalue weighted by Crippen LogP contribution is 2.26. The lowest BCUT2D eigenvalue weighted by Crippen LogP contribution is -2.02. The van der Waals surface area contributed by atoms with E-state index in [1.807, 2.05) is 36.1 Å². The maximum Gasteiger partial charge on any atom is 0.213 e. The minimum atomic E-state index is 0.638. The van der Waals surface area contributed by atoms with Crippen LogP contribution in [0.2, 0.25) is 0 Å². The predicted octanol–water partition coefficient (Wildman–Crippen LogP) is 3.65. The Bertz CT molecular complexity index is 1050. The monoisotopic (exact) mass is 397 g/mol. The van der Waals surface area contributed by atoms with Gasteiger partial charge in [0.05, 0.1) is 37.2 Å². The summed E-state index contributed by atoms with van der Waals surface area (Å²) in [6.07, 6.45) is 7.13. The molecule has 6 nitrogen and oxygen atoms in total. The third-order valence-electron chi connectivity index (χ3n) is 4.13. The normalized spacial score (nSPS) is 11.2.